The molecule has 9 heteroatoms. The maximum Gasteiger partial charge on any atom is 0.374 e. The second-order valence-corrected chi connectivity index (χ2v) is 6.59. The second-order valence-electron chi connectivity index (χ2n) is 6.59. The largest absolute Gasteiger partial charge is 0.452 e. The molecule has 0 saturated heterocycles. The number of nitrogens with zero attached hydrogens (tertiary/aromatic N) is 3. The van der Waals surface area contributed by atoms with Gasteiger partial charge >= 0.3 is 12.5 Å². The molecule has 0 aliphatic carbocycles. The van der Waals surface area contributed by atoms with Gasteiger partial charge in [-0.2, -0.15) is 8.78 Å². The Morgan fingerprint density at radius 1 is 1.13 bits per heavy atom. The van der Waals surface area contributed by atoms with Crippen LogP contribution in [0.15, 0.2) is 70.0 Å². The molecule has 0 fully saturated rings. The van der Waals surface area contributed by atoms with Gasteiger partial charge in [0.05, 0.1) is 17.6 Å². The zero-order valence-corrected chi connectivity index (χ0v) is 15.9. The van der Waals surface area contributed by atoms with Crippen molar-refractivity contribution in [2.75, 3.05) is 0 Å². The number of benzene rings is 1. The number of halogens is 2. The van der Waals surface area contributed by atoms with Crippen LogP contribution in [0, 0.1) is 0 Å². The van der Waals surface area contributed by atoms with Gasteiger partial charge in [0.1, 0.15) is 5.76 Å². The summed E-state index contributed by atoms with van der Waals surface area (Å²) >= 11 is 0. The average Bonchev–Trinajstić information content (AvgIpc) is 3.34. The molecule has 0 radical (unpaired) electrons. The molecular weight excluding hydrogens is 396 g/mol. The number of carbonyl (C=O) groups is 1. The molecule has 3 heterocycles. The summed E-state index contributed by atoms with van der Waals surface area (Å²) in [7, 11) is 0. The summed E-state index contributed by atoms with van der Waals surface area (Å²) in [6, 6.07) is 14.2. The number of imidazole rings is 1. The van der Waals surface area contributed by atoms with E-state index in [4.69, 9.17) is 9.15 Å². The lowest BCUT2D eigenvalue weighted by atomic mass is 10.3. The van der Waals surface area contributed by atoms with E-state index >= 15 is 0 Å². The van der Waals surface area contributed by atoms with Gasteiger partial charge < -0.3 is 13.7 Å². The first-order valence-corrected chi connectivity index (χ1v) is 9.14. The van der Waals surface area contributed by atoms with Crippen molar-refractivity contribution in [3.05, 3.63) is 88.5 Å². The van der Waals surface area contributed by atoms with Crippen molar-refractivity contribution >= 4 is 17.0 Å². The number of aromatic nitrogens is 3. The monoisotopic (exact) mass is 413 g/mol. The van der Waals surface area contributed by atoms with Gasteiger partial charge in [-0.25, -0.2) is 9.78 Å². The van der Waals surface area contributed by atoms with Gasteiger partial charge in [-0.15, -0.1) is 0 Å². The minimum Gasteiger partial charge on any atom is -0.452 e. The number of hydrogen-bond donors (Lipinski definition) is 0. The van der Waals surface area contributed by atoms with Crippen molar-refractivity contribution in [2.24, 2.45) is 0 Å². The SMILES string of the molecule is CC(OC(=O)c1ccc(Cn2ccccc2=O)o1)c1nc2ccccc2n1C(F)F. The number of rotatable bonds is 6. The topological polar surface area (TPSA) is 79.3 Å². The molecule has 3 aromatic heterocycles. The zero-order chi connectivity index (χ0) is 21.3. The minimum atomic E-state index is -2.84. The predicted octanol–water partition coefficient (Wildman–Crippen LogP) is 4.15. The summed E-state index contributed by atoms with van der Waals surface area (Å²) < 4.78 is 40.1. The van der Waals surface area contributed by atoms with Crippen molar-refractivity contribution in [3.63, 3.8) is 0 Å². The fourth-order valence-corrected chi connectivity index (χ4v) is 3.16. The fraction of sp³-hybridized carbons (Fsp3) is 0.190. The van der Waals surface area contributed by atoms with E-state index in [0.29, 0.717) is 11.3 Å². The van der Waals surface area contributed by atoms with Crippen LogP contribution in [-0.4, -0.2) is 20.1 Å². The van der Waals surface area contributed by atoms with Gasteiger partial charge in [-0.1, -0.05) is 18.2 Å². The Morgan fingerprint density at radius 2 is 1.90 bits per heavy atom. The Balaban J connectivity index is 1.53. The fourth-order valence-electron chi connectivity index (χ4n) is 3.16. The molecule has 1 atom stereocenters. The normalized spacial score (nSPS) is 12.4. The number of hydrogen-bond acceptors (Lipinski definition) is 5. The van der Waals surface area contributed by atoms with Gasteiger partial charge in [-0.3, -0.25) is 9.36 Å². The summed E-state index contributed by atoms with van der Waals surface area (Å²) in [5.41, 5.74) is 0.417. The number of alkyl halides is 2. The van der Waals surface area contributed by atoms with Crippen LogP contribution >= 0.6 is 0 Å². The lowest BCUT2D eigenvalue weighted by Gasteiger charge is -2.14. The van der Waals surface area contributed by atoms with Crippen LogP contribution in [-0.2, 0) is 11.3 Å². The number of pyridine rings is 1. The quantitative estimate of drug-likeness (QED) is 0.444. The molecule has 4 aromatic rings. The van der Waals surface area contributed by atoms with Crippen LogP contribution in [0.3, 0.4) is 0 Å². The van der Waals surface area contributed by atoms with E-state index in [-0.39, 0.29) is 29.2 Å². The third kappa shape index (κ3) is 3.73. The molecule has 154 valence electrons. The summed E-state index contributed by atoms with van der Waals surface area (Å²) in [5.74, 6) is -0.604. The van der Waals surface area contributed by atoms with Crippen LogP contribution in [0.25, 0.3) is 11.0 Å². The van der Waals surface area contributed by atoms with Crippen LogP contribution < -0.4 is 5.56 Å². The van der Waals surface area contributed by atoms with Crippen molar-refractivity contribution in [3.8, 4) is 0 Å². The van der Waals surface area contributed by atoms with Crippen LogP contribution in [0.2, 0.25) is 0 Å². The lowest BCUT2D eigenvalue weighted by molar-refractivity contribution is 0.0202. The van der Waals surface area contributed by atoms with Crippen molar-refractivity contribution in [1.29, 1.82) is 0 Å². The van der Waals surface area contributed by atoms with Gasteiger partial charge in [-0.05, 0) is 37.3 Å². The maximum atomic E-state index is 13.6. The minimum absolute atomic E-state index is 0.0674. The number of fused-ring (bicyclic) bond motifs is 1. The molecule has 0 amide bonds. The molecule has 1 unspecified atom stereocenters. The van der Waals surface area contributed by atoms with E-state index in [2.05, 4.69) is 4.98 Å². The molecule has 7 nitrogen and oxygen atoms in total. The number of esters is 1. The van der Waals surface area contributed by atoms with Crippen molar-refractivity contribution in [1.82, 2.24) is 14.1 Å². The number of furan rings is 1. The Hall–Kier alpha value is -3.75. The lowest BCUT2D eigenvalue weighted by Crippen LogP contribution is -2.18. The Bertz CT molecular complexity index is 1260. The Morgan fingerprint density at radius 3 is 2.67 bits per heavy atom. The summed E-state index contributed by atoms with van der Waals surface area (Å²) in [6.07, 6.45) is 0.559. The molecule has 0 aliphatic heterocycles. The zero-order valence-electron chi connectivity index (χ0n) is 15.9. The Kier molecular flexibility index (Phi) is 5.18. The van der Waals surface area contributed by atoms with Gasteiger partial charge in [0.15, 0.2) is 11.9 Å². The van der Waals surface area contributed by atoms with E-state index < -0.39 is 18.6 Å². The molecule has 0 spiro atoms. The van der Waals surface area contributed by atoms with Crippen LogP contribution in [0.4, 0.5) is 8.78 Å². The van der Waals surface area contributed by atoms with E-state index in [0.717, 1.165) is 4.57 Å². The molecule has 0 saturated carbocycles. The predicted molar refractivity (Wildman–Crippen MR) is 103 cm³/mol. The number of ether oxygens (including phenoxy) is 1. The molecule has 1 aromatic carbocycles. The molecule has 30 heavy (non-hydrogen) atoms. The van der Waals surface area contributed by atoms with E-state index in [1.807, 2.05) is 0 Å². The van der Waals surface area contributed by atoms with Gasteiger partial charge in [0.2, 0.25) is 5.76 Å². The Labute approximate surface area is 169 Å². The first-order chi connectivity index (χ1) is 14.4. The molecule has 0 aliphatic rings. The second kappa shape index (κ2) is 7.94. The highest BCUT2D eigenvalue weighted by molar-refractivity contribution is 5.86. The summed E-state index contributed by atoms with van der Waals surface area (Å²) in [6.45, 7) is -1.23. The third-order valence-electron chi connectivity index (χ3n) is 4.55. The third-order valence-corrected chi connectivity index (χ3v) is 4.55. The van der Waals surface area contributed by atoms with E-state index in [1.54, 1.807) is 42.6 Å². The summed E-state index contributed by atoms with van der Waals surface area (Å²) in [5, 5.41) is 0. The highest BCUT2D eigenvalue weighted by Crippen LogP contribution is 2.28. The van der Waals surface area contributed by atoms with Gasteiger partial charge in [0, 0.05) is 12.3 Å². The standard InChI is InChI=1S/C21H17F2N3O4/c1-13(19-24-15-6-2-3-7-16(15)26(19)21(22)23)29-20(28)17-10-9-14(30-17)12-25-11-5-4-8-18(25)27/h2-11,13,21H,12H2,1H3. The van der Waals surface area contributed by atoms with Crippen LogP contribution in [0.5, 0.6) is 0 Å². The summed E-state index contributed by atoms with van der Waals surface area (Å²) in [4.78, 5) is 28.4. The molecule has 0 N–H and O–H groups in total. The van der Waals surface area contributed by atoms with Crippen molar-refractivity contribution < 1.29 is 22.7 Å². The highest BCUT2D eigenvalue weighted by atomic mass is 19.3. The van der Waals surface area contributed by atoms with E-state index in [9.17, 15) is 18.4 Å². The van der Waals surface area contributed by atoms with E-state index in [1.165, 1.54) is 29.7 Å². The first kappa shape index (κ1) is 19.6. The van der Waals surface area contributed by atoms with Crippen LogP contribution in [0.1, 0.15) is 41.7 Å². The van der Waals surface area contributed by atoms with Gasteiger partial charge in [0.25, 0.3) is 5.56 Å². The number of para-hydroxylation sites is 2. The number of carbonyl (C=O) groups excluding carboxylic acids is 1. The first-order valence-electron chi connectivity index (χ1n) is 9.14. The van der Waals surface area contributed by atoms with Crippen molar-refractivity contribution in [2.45, 2.75) is 26.1 Å². The molecule has 4 rings (SSSR count). The highest BCUT2D eigenvalue weighted by Gasteiger charge is 2.25. The smallest absolute Gasteiger partial charge is 0.374 e. The maximum absolute atomic E-state index is 13.6. The molecule has 0 bridgehead atoms. The average molecular weight is 413 g/mol. The molecular formula is C21H17F2N3O4.